The lowest BCUT2D eigenvalue weighted by atomic mass is 10.0. The highest BCUT2D eigenvalue weighted by Gasteiger charge is 2.19. The Kier molecular flexibility index (Phi) is 5.19. The molecule has 0 amide bonds. The number of hydrogen-bond acceptors (Lipinski definition) is 2. The van der Waals surface area contributed by atoms with Crippen molar-refractivity contribution in [2.45, 2.75) is 51.9 Å². The predicted molar refractivity (Wildman–Crippen MR) is 92.9 cm³/mol. The third-order valence-corrected chi connectivity index (χ3v) is 4.78. The molecule has 0 saturated carbocycles. The Morgan fingerprint density at radius 3 is 2.91 bits per heavy atom. The van der Waals surface area contributed by atoms with Crippen LogP contribution in [-0.2, 0) is 12.8 Å². The number of benzene rings is 1. The van der Waals surface area contributed by atoms with Crippen LogP contribution < -0.4 is 4.74 Å². The molecule has 0 bridgehead atoms. The Labute approximate surface area is 140 Å². The number of rotatable bonds is 7. The minimum absolute atomic E-state index is 0.822. The summed E-state index contributed by atoms with van der Waals surface area (Å²) in [6.07, 6.45) is 10.3. The lowest BCUT2D eigenvalue weighted by Gasteiger charge is -2.20. The normalized spacial score (nSPS) is 12.8. The molecule has 4 heteroatoms. The Balaban J connectivity index is 1.62. The first-order valence-corrected chi connectivity index (χ1v) is 9.07. The van der Waals surface area contributed by atoms with E-state index < -0.39 is 0 Å². The van der Waals surface area contributed by atoms with Crippen LogP contribution >= 0.6 is 15.9 Å². The van der Waals surface area contributed by atoms with Gasteiger partial charge < -0.3 is 4.74 Å². The van der Waals surface area contributed by atoms with E-state index in [1.807, 2.05) is 6.20 Å². The van der Waals surface area contributed by atoms with Crippen molar-refractivity contribution in [3.63, 3.8) is 0 Å². The van der Waals surface area contributed by atoms with Crippen LogP contribution in [0.15, 0.2) is 29.0 Å². The van der Waals surface area contributed by atoms with E-state index in [1.54, 1.807) is 0 Å². The van der Waals surface area contributed by atoms with Gasteiger partial charge in [0, 0.05) is 6.42 Å². The number of aromatic nitrogens is 2. The molecule has 2 aromatic rings. The molecule has 0 aliphatic carbocycles. The second-order valence-corrected chi connectivity index (χ2v) is 6.70. The number of fused-ring (bicyclic) bond motifs is 3. The molecule has 0 saturated heterocycles. The van der Waals surface area contributed by atoms with E-state index in [4.69, 9.17) is 4.74 Å². The number of imidazole rings is 1. The smallest absolute Gasteiger partial charge is 0.119 e. The molecule has 0 fully saturated rings. The van der Waals surface area contributed by atoms with Gasteiger partial charge in [0.1, 0.15) is 16.2 Å². The summed E-state index contributed by atoms with van der Waals surface area (Å²) in [6.45, 7) is 3.07. The Bertz CT molecular complexity index is 636. The Morgan fingerprint density at radius 2 is 2.05 bits per heavy atom. The molecule has 3 rings (SSSR count). The quantitative estimate of drug-likeness (QED) is 0.642. The molecule has 1 aromatic carbocycles. The summed E-state index contributed by atoms with van der Waals surface area (Å²) in [7, 11) is 0. The van der Waals surface area contributed by atoms with Gasteiger partial charge in [0.05, 0.1) is 18.5 Å². The highest BCUT2D eigenvalue weighted by molar-refractivity contribution is 9.10. The topological polar surface area (TPSA) is 27.1 Å². The molecule has 0 spiro atoms. The van der Waals surface area contributed by atoms with E-state index in [2.05, 4.69) is 50.6 Å². The van der Waals surface area contributed by atoms with Crippen molar-refractivity contribution < 1.29 is 4.74 Å². The molecular formula is C18H23BrN2O. The third kappa shape index (κ3) is 3.37. The first kappa shape index (κ1) is 15.6. The van der Waals surface area contributed by atoms with Crippen LogP contribution in [0.1, 0.15) is 50.4 Å². The van der Waals surface area contributed by atoms with Gasteiger partial charge in [0.25, 0.3) is 0 Å². The molecule has 1 aliphatic rings. The van der Waals surface area contributed by atoms with Gasteiger partial charge in [0.15, 0.2) is 0 Å². The lowest BCUT2D eigenvalue weighted by molar-refractivity contribution is 0.304. The van der Waals surface area contributed by atoms with Gasteiger partial charge in [0.2, 0.25) is 0 Å². The van der Waals surface area contributed by atoms with Gasteiger partial charge >= 0.3 is 0 Å². The van der Waals surface area contributed by atoms with Crippen LogP contribution in [0.3, 0.4) is 0 Å². The fourth-order valence-electron chi connectivity index (χ4n) is 3.01. The number of hydrogen-bond donors (Lipinski definition) is 0. The highest BCUT2D eigenvalue weighted by atomic mass is 79.9. The second-order valence-electron chi connectivity index (χ2n) is 5.89. The summed E-state index contributed by atoms with van der Waals surface area (Å²) in [4.78, 5) is 4.45. The molecule has 22 heavy (non-hydrogen) atoms. The van der Waals surface area contributed by atoms with Crippen molar-refractivity contribution in [1.82, 2.24) is 9.55 Å². The van der Waals surface area contributed by atoms with Crippen LogP contribution in [0, 0.1) is 0 Å². The zero-order valence-corrected chi connectivity index (χ0v) is 14.7. The summed E-state index contributed by atoms with van der Waals surface area (Å²) >= 11 is 3.58. The summed E-state index contributed by atoms with van der Waals surface area (Å²) in [5.41, 5.74) is 2.57. The average Bonchev–Trinajstić information content (AvgIpc) is 2.92. The van der Waals surface area contributed by atoms with Crippen LogP contribution in [-0.4, -0.2) is 16.2 Å². The first-order valence-electron chi connectivity index (χ1n) is 8.28. The van der Waals surface area contributed by atoms with Gasteiger partial charge in [-0.2, -0.15) is 0 Å². The monoisotopic (exact) mass is 362 g/mol. The summed E-state index contributed by atoms with van der Waals surface area (Å²) < 4.78 is 9.12. The highest BCUT2D eigenvalue weighted by Crippen LogP contribution is 2.31. The maximum Gasteiger partial charge on any atom is 0.119 e. The molecule has 3 nitrogen and oxygen atoms in total. The average molecular weight is 363 g/mol. The molecule has 0 N–H and O–H groups in total. The minimum Gasteiger partial charge on any atom is -0.494 e. The zero-order chi connectivity index (χ0) is 15.4. The van der Waals surface area contributed by atoms with Gasteiger partial charge in [-0.15, -0.1) is 0 Å². The SMILES string of the molecule is CCCCCCCOc1ccc2c(c1)CCc1ncc(Br)n1-2. The number of ether oxygens (including phenoxy) is 1. The Hall–Kier alpha value is -1.29. The standard InChI is InChI=1S/C18H23BrN2O/c1-2-3-4-5-6-11-22-15-8-9-16-14(12-15)7-10-18-20-13-17(19)21(16)18/h8-9,12-13H,2-7,10-11H2,1H3. The Morgan fingerprint density at radius 1 is 1.18 bits per heavy atom. The zero-order valence-electron chi connectivity index (χ0n) is 13.1. The van der Waals surface area contributed by atoms with Crippen molar-refractivity contribution in [1.29, 1.82) is 0 Å². The molecule has 0 radical (unpaired) electrons. The largest absolute Gasteiger partial charge is 0.494 e. The van der Waals surface area contributed by atoms with E-state index >= 15 is 0 Å². The van der Waals surface area contributed by atoms with Crippen molar-refractivity contribution in [2.24, 2.45) is 0 Å². The van der Waals surface area contributed by atoms with Crippen molar-refractivity contribution in [3.8, 4) is 11.4 Å². The van der Waals surface area contributed by atoms with Crippen molar-refractivity contribution in [2.75, 3.05) is 6.61 Å². The van der Waals surface area contributed by atoms with Gasteiger partial charge in [-0.25, -0.2) is 4.98 Å². The summed E-state index contributed by atoms with van der Waals surface area (Å²) in [6, 6.07) is 6.42. The third-order valence-electron chi connectivity index (χ3n) is 4.22. The maximum atomic E-state index is 5.92. The maximum absolute atomic E-state index is 5.92. The molecule has 0 atom stereocenters. The number of aryl methyl sites for hydroxylation is 2. The minimum atomic E-state index is 0.822. The van der Waals surface area contributed by atoms with Crippen molar-refractivity contribution >= 4 is 15.9 Å². The molecule has 1 aliphatic heterocycles. The molecule has 1 aromatic heterocycles. The summed E-state index contributed by atoms with van der Waals surface area (Å²) in [5, 5.41) is 0. The van der Waals surface area contributed by atoms with E-state index in [0.717, 1.165) is 42.0 Å². The van der Waals surface area contributed by atoms with E-state index in [-0.39, 0.29) is 0 Å². The van der Waals surface area contributed by atoms with Crippen LogP contribution in [0.4, 0.5) is 0 Å². The number of halogens is 1. The number of unbranched alkanes of at least 4 members (excludes halogenated alkanes) is 4. The van der Waals surface area contributed by atoms with Crippen molar-refractivity contribution in [3.05, 3.63) is 40.4 Å². The summed E-state index contributed by atoms with van der Waals surface area (Å²) in [5.74, 6) is 2.12. The fourth-order valence-corrected chi connectivity index (χ4v) is 3.51. The number of nitrogens with zero attached hydrogens (tertiary/aromatic N) is 2. The van der Waals surface area contributed by atoms with Gasteiger partial charge in [-0.3, -0.25) is 4.57 Å². The van der Waals surface area contributed by atoms with Gasteiger partial charge in [-0.05, 0) is 52.5 Å². The second kappa shape index (κ2) is 7.32. The molecule has 2 heterocycles. The van der Waals surface area contributed by atoms with E-state index in [9.17, 15) is 0 Å². The first-order chi connectivity index (χ1) is 10.8. The lowest BCUT2D eigenvalue weighted by Crippen LogP contribution is -2.12. The van der Waals surface area contributed by atoms with E-state index in [0.29, 0.717) is 0 Å². The molecular weight excluding hydrogens is 340 g/mol. The van der Waals surface area contributed by atoms with Crippen LogP contribution in [0.25, 0.3) is 5.69 Å². The predicted octanol–water partition coefficient (Wildman–Crippen LogP) is 5.08. The molecule has 118 valence electrons. The molecule has 0 unspecified atom stereocenters. The van der Waals surface area contributed by atoms with Crippen LogP contribution in [0.2, 0.25) is 0 Å². The van der Waals surface area contributed by atoms with Crippen LogP contribution in [0.5, 0.6) is 5.75 Å². The van der Waals surface area contributed by atoms with E-state index in [1.165, 1.54) is 36.9 Å². The fraction of sp³-hybridized carbons (Fsp3) is 0.500. The van der Waals surface area contributed by atoms with Gasteiger partial charge in [-0.1, -0.05) is 32.6 Å².